The molecule has 0 aliphatic rings. The molecule has 0 unspecified atom stereocenters. The lowest BCUT2D eigenvalue weighted by Crippen LogP contribution is -2.13. The number of nitriles is 1. The van der Waals surface area contributed by atoms with Crippen molar-refractivity contribution in [3.63, 3.8) is 0 Å². The molecule has 3 rings (SSSR count). The lowest BCUT2D eigenvalue weighted by molar-refractivity contribution is -0.384. The van der Waals surface area contributed by atoms with Crippen LogP contribution in [-0.2, 0) is 4.79 Å². The highest BCUT2D eigenvalue weighted by atomic mass is 79.9. The Kier molecular flexibility index (Phi) is 6.57. The van der Waals surface area contributed by atoms with Gasteiger partial charge in [-0.15, -0.1) is 0 Å². The Bertz CT molecular complexity index is 1230. The van der Waals surface area contributed by atoms with E-state index >= 15 is 0 Å². The molecule has 10 heteroatoms. The van der Waals surface area contributed by atoms with Crippen molar-refractivity contribution in [3.8, 4) is 17.4 Å². The van der Waals surface area contributed by atoms with Crippen LogP contribution in [-0.4, -0.2) is 10.8 Å². The molecule has 7 nitrogen and oxygen atoms in total. The molecule has 150 valence electrons. The van der Waals surface area contributed by atoms with Crippen LogP contribution in [0.3, 0.4) is 0 Å². The van der Waals surface area contributed by atoms with Crippen LogP contribution in [0.2, 0.25) is 10.0 Å². The van der Waals surface area contributed by atoms with Gasteiger partial charge in [-0.1, -0.05) is 23.2 Å². The maximum atomic E-state index is 12.4. The van der Waals surface area contributed by atoms with E-state index in [0.29, 0.717) is 20.8 Å². The zero-order valence-electron chi connectivity index (χ0n) is 14.9. The number of nitro benzene ring substituents is 1. The summed E-state index contributed by atoms with van der Waals surface area (Å²) < 4.78 is 6.14. The Hall–Kier alpha value is -3.12. The van der Waals surface area contributed by atoms with Crippen LogP contribution in [0.5, 0.6) is 0 Å². The number of halogens is 3. The van der Waals surface area contributed by atoms with Gasteiger partial charge in [0.15, 0.2) is 0 Å². The molecule has 1 aromatic heterocycles. The van der Waals surface area contributed by atoms with Gasteiger partial charge in [0.2, 0.25) is 0 Å². The second-order valence-corrected chi connectivity index (χ2v) is 7.57. The minimum atomic E-state index is -0.684. The summed E-state index contributed by atoms with van der Waals surface area (Å²) in [6.07, 6.45) is 1.27. The van der Waals surface area contributed by atoms with Gasteiger partial charge in [-0.2, -0.15) is 5.26 Å². The average molecular weight is 507 g/mol. The zero-order valence-corrected chi connectivity index (χ0v) is 18.0. The standard InChI is InChI=1S/C20H10BrCl2N3O4/c21-16-9-13(26(28)29)2-4-15(16)19-6-3-14(30-19)7-11(10-24)20(27)25-18-8-12(22)1-5-17(18)23/h1-9H,(H,25,27)/b11-7-. The third-order valence-electron chi connectivity index (χ3n) is 3.88. The molecule has 0 saturated heterocycles. The van der Waals surface area contributed by atoms with Gasteiger partial charge in [0.25, 0.3) is 11.6 Å². The number of rotatable bonds is 5. The third kappa shape index (κ3) is 4.89. The fourth-order valence-corrected chi connectivity index (χ4v) is 3.37. The molecule has 0 radical (unpaired) electrons. The van der Waals surface area contributed by atoms with Gasteiger partial charge in [0, 0.05) is 33.3 Å². The quantitative estimate of drug-likeness (QED) is 0.184. The Balaban J connectivity index is 1.85. The SMILES string of the molecule is N#C/C(=C/c1ccc(-c2ccc([N+](=O)[O-])cc2Br)o1)C(=O)Nc1cc(Cl)ccc1Cl. The predicted molar refractivity (Wildman–Crippen MR) is 117 cm³/mol. The topological polar surface area (TPSA) is 109 Å². The van der Waals surface area contributed by atoms with Crippen molar-refractivity contribution in [1.29, 1.82) is 5.26 Å². The lowest BCUT2D eigenvalue weighted by Gasteiger charge is -2.06. The van der Waals surface area contributed by atoms with E-state index in [9.17, 15) is 20.2 Å². The summed E-state index contributed by atoms with van der Waals surface area (Å²) in [5.41, 5.74) is 0.564. The molecular weight excluding hydrogens is 497 g/mol. The Labute approximate surface area is 188 Å². The molecule has 1 heterocycles. The number of amides is 1. The maximum absolute atomic E-state index is 12.4. The first-order valence-corrected chi connectivity index (χ1v) is 9.75. The first-order valence-electron chi connectivity index (χ1n) is 8.21. The predicted octanol–water partition coefficient (Wildman–Crippen LogP) is 6.47. The van der Waals surface area contributed by atoms with Crippen molar-refractivity contribution in [2.75, 3.05) is 5.32 Å². The Morgan fingerprint density at radius 1 is 1.20 bits per heavy atom. The monoisotopic (exact) mass is 505 g/mol. The van der Waals surface area contributed by atoms with E-state index in [4.69, 9.17) is 27.6 Å². The molecule has 1 N–H and O–H groups in total. The van der Waals surface area contributed by atoms with Gasteiger partial charge < -0.3 is 9.73 Å². The Morgan fingerprint density at radius 3 is 2.63 bits per heavy atom. The highest BCUT2D eigenvalue weighted by molar-refractivity contribution is 9.10. The average Bonchev–Trinajstić information content (AvgIpc) is 3.17. The van der Waals surface area contributed by atoms with Crippen LogP contribution >= 0.6 is 39.1 Å². The summed E-state index contributed by atoms with van der Waals surface area (Å²) in [7, 11) is 0. The van der Waals surface area contributed by atoms with Gasteiger partial charge in [-0.05, 0) is 52.3 Å². The Morgan fingerprint density at radius 2 is 1.97 bits per heavy atom. The molecule has 0 fully saturated rings. The third-order valence-corrected chi connectivity index (χ3v) is 5.10. The van der Waals surface area contributed by atoms with Gasteiger partial charge in [-0.25, -0.2) is 0 Å². The van der Waals surface area contributed by atoms with Gasteiger partial charge >= 0.3 is 0 Å². The van der Waals surface area contributed by atoms with E-state index < -0.39 is 10.8 Å². The molecule has 1 amide bonds. The fourth-order valence-electron chi connectivity index (χ4n) is 2.47. The van der Waals surface area contributed by atoms with Crippen LogP contribution in [0.25, 0.3) is 17.4 Å². The number of non-ortho nitro benzene ring substituents is 1. The number of benzene rings is 2. The number of hydrogen-bond acceptors (Lipinski definition) is 5. The summed E-state index contributed by atoms with van der Waals surface area (Å²) in [4.78, 5) is 22.8. The second kappa shape index (κ2) is 9.13. The summed E-state index contributed by atoms with van der Waals surface area (Å²) in [6, 6.07) is 13.8. The van der Waals surface area contributed by atoms with Gasteiger partial charge in [0.05, 0.1) is 15.6 Å². The van der Waals surface area contributed by atoms with Crippen LogP contribution in [0.1, 0.15) is 5.76 Å². The van der Waals surface area contributed by atoms with Crippen LogP contribution < -0.4 is 5.32 Å². The fraction of sp³-hybridized carbons (Fsp3) is 0. The first-order chi connectivity index (χ1) is 14.3. The van der Waals surface area contributed by atoms with E-state index in [0.717, 1.165) is 0 Å². The zero-order chi connectivity index (χ0) is 21.8. The molecule has 3 aromatic rings. The number of nitro groups is 1. The lowest BCUT2D eigenvalue weighted by atomic mass is 10.1. The number of nitrogens with zero attached hydrogens (tertiary/aromatic N) is 2. The highest BCUT2D eigenvalue weighted by Crippen LogP contribution is 2.33. The second-order valence-electron chi connectivity index (χ2n) is 5.87. The number of carbonyl (C=O) groups is 1. The van der Waals surface area contributed by atoms with Crippen molar-refractivity contribution < 1.29 is 14.1 Å². The largest absolute Gasteiger partial charge is 0.457 e. The van der Waals surface area contributed by atoms with Crippen molar-refractivity contribution in [2.45, 2.75) is 0 Å². The summed E-state index contributed by atoms with van der Waals surface area (Å²) >= 11 is 15.2. The molecule has 0 bridgehead atoms. The molecule has 0 aliphatic heterocycles. The minimum absolute atomic E-state index is 0.0691. The van der Waals surface area contributed by atoms with Crippen molar-refractivity contribution in [3.05, 3.63) is 84.5 Å². The number of carbonyl (C=O) groups excluding carboxylic acids is 1. The van der Waals surface area contributed by atoms with E-state index in [2.05, 4.69) is 21.2 Å². The molecule has 0 saturated carbocycles. The van der Waals surface area contributed by atoms with Crippen molar-refractivity contribution in [2.24, 2.45) is 0 Å². The smallest absolute Gasteiger partial charge is 0.270 e. The maximum Gasteiger partial charge on any atom is 0.270 e. The summed E-state index contributed by atoms with van der Waals surface area (Å²) in [6.45, 7) is 0. The van der Waals surface area contributed by atoms with Crippen LogP contribution in [0, 0.1) is 21.4 Å². The molecule has 2 aromatic carbocycles. The van der Waals surface area contributed by atoms with Gasteiger partial charge in [-0.3, -0.25) is 14.9 Å². The summed E-state index contributed by atoms with van der Waals surface area (Å²) in [5.74, 6) is -0.0334. The first kappa shape index (κ1) is 21.6. The van der Waals surface area contributed by atoms with E-state index in [1.54, 1.807) is 18.2 Å². The molecular formula is C20H10BrCl2N3O4. The van der Waals surface area contributed by atoms with Crippen LogP contribution in [0.4, 0.5) is 11.4 Å². The highest BCUT2D eigenvalue weighted by Gasteiger charge is 2.15. The molecule has 0 aliphatic carbocycles. The number of anilines is 1. The van der Waals surface area contributed by atoms with E-state index in [-0.39, 0.29) is 27.7 Å². The van der Waals surface area contributed by atoms with E-state index in [1.165, 1.54) is 36.4 Å². The minimum Gasteiger partial charge on any atom is -0.457 e. The van der Waals surface area contributed by atoms with Gasteiger partial charge in [0.1, 0.15) is 23.2 Å². The number of nitrogens with one attached hydrogen (secondary N) is 1. The molecule has 0 atom stereocenters. The number of furan rings is 1. The van der Waals surface area contributed by atoms with Crippen molar-refractivity contribution >= 4 is 62.5 Å². The van der Waals surface area contributed by atoms with Crippen molar-refractivity contribution in [1.82, 2.24) is 0 Å². The van der Waals surface area contributed by atoms with E-state index in [1.807, 2.05) is 6.07 Å². The van der Waals surface area contributed by atoms with Crippen LogP contribution in [0.15, 0.2) is 63.0 Å². The summed E-state index contributed by atoms with van der Waals surface area (Å²) in [5, 5.41) is 23.4. The molecule has 0 spiro atoms. The number of hydrogen-bond donors (Lipinski definition) is 1. The normalized spacial score (nSPS) is 11.1. The molecule has 30 heavy (non-hydrogen) atoms.